The minimum atomic E-state index is 0.573. The number of anilines is 1. The van der Waals surface area contributed by atoms with Crippen molar-refractivity contribution in [2.24, 2.45) is 0 Å². The number of rotatable bonds is 2. The molecule has 0 aliphatic heterocycles. The van der Waals surface area contributed by atoms with E-state index in [2.05, 4.69) is 36.2 Å². The maximum atomic E-state index is 5.54. The molecular weight excluding hydrogens is 184 g/mol. The maximum absolute atomic E-state index is 5.54. The third-order valence-corrected chi connectivity index (χ3v) is 2.50. The molecule has 0 fully saturated rings. The van der Waals surface area contributed by atoms with Crippen LogP contribution in [0.5, 0.6) is 0 Å². The molecular formula is C13H14N2. The highest BCUT2D eigenvalue weighted by Gasteiger charge is 1.99. The number of aryl methyl sites for hydroxylation is 1. The number of benzene rings is 1. The van der Waals surface area contributed by atoms with Crippen molar-refractivity contribution in [1.29, 1.82) is 0 Å². The van der Waals surface area contributed by atoms with Crippen LogP contribution in [-0.4, -0.2) is 4.98 Å². The van der Waals surface area contributed by atoms with Crippen molar-refractivity contribution in [1.82, 2.24) is 4.98 Å². The molecule has 0 spiro atoms. The lowest BCUT2D eigenvalue weighted by Crippen LogP contribution is -1.94. The number of hydrogen-bond acceptors (Lipinski definition) is 2. The van der Waals surface area contributed by atoms with Crippen LogP contribution in [0.15, 0.2) is 42.6 Å². The third-order valence-electron chi connectivity index (χ3n) is 2.50. The molecule has 0 saturated heterocycles. The van der Waals surface area contributed by atoms with Gasteiger partial charge in [-0.25, -0.2) is 4.98 Å². The van der Waals surface area contributed by atoms with Crippen LogP contribution in [0.4, 0.5) is 5.82 Å². The second-order valence-corrected chi connectivity index (χ2v) is 3.69. The average molecular weight is 198 g/mol. The van der Waals surface area contributed by atoms with Crippen LogP contribution in [0.3, 0.4) is 0 Å². The number of pyridine rings is 1. The SMILES string of the molecule is Cc1ccccc1Cc1ccc(N)nc1. The van der Waals surface area contributed by atoms with Crippen LogP contribution in [0.2, 0.25) is 0 Å². The molecule has 0 saturated carbocycles. The predicted octanol–water partition coefficient (Wildman–Crippen LogP) is 2.56. The van der Waals surface area contributed by atoms with E-state index >= 15 is 0 Å². The second kappa shape index (κ2) is 4.13. The van der Waals surface area contributed by atoms with Gasteiger partial charge in [-0.1, -0.05) is 30.3 Å². The minimum absolute atomic E-state index is 0.573. The van der Waals surface area contributed by atoms with Crippen LogP contribution in [-0.2, 0) is 6.42 Å². The summed E-state index contributed by atoms with van der Waals surface area (Å²) in [6, 6.07) is 12.3. The van der Waals surface area contributed by atoms with Gasteiger partial charge in [-0.15, -0.1) is 0 Å². The van der Waals surface area contributed by atoms with Gasteiger partial charge in [-0.05, 0) is 36.1 Å². The molecule has 2 heteroatoms. The second-order valence-electron chi connectivity index (χ2n) is 3.69. The summed E-state index contributed by atoms with van der Waals surface area (Å²) in [6.07, 6.45) is 2.75. The molecule has 76 valence electrons. The molecule has 0 amide bonds. The zero-order chi connectivity index (χ0) is 10.7. The highest BCUT2D eigenvalue weighted by Crippen LogP contribution is 2.13. The van der Waals surface area contributed by atoms with Gasteiger partial charge in [0, 0.05) is 6.20 Å². The molecule has 2 rings (SSSR count). The third kappa shape index (κ3) is 2.34. The smallest absolute Gasteiger partial charge is 0.123 e. The van der Waals surface area contributed by atoms with Crippen LogP contribution in [0, 0.1) is 6.92 Å². The summed E-state index contributed by atoms with van der Waals surface area (Å²) in [7, 11) is 0. The van der Waals surface area contributed by atoms with Gasteiger partial charge in [0.1, 0.15) is 5.82 Å². The van der Waals surface area contributed by atoms with E-state index in [0.29, 0.717) is 5.82 Å². The van der Waals surface area contributed by atoms with Gasteiger partial charge in [0.2, 0.25) is 0 Å². The van der Waals surface area contributed by atoms with Crippen molar-refractivity contribution in [2.45, 2.75) is 13.3 Å². The Kier molecular flexibility index (Phi) is 2.68. The summed E-state index contributed by atoms with van der Waals surface area (Å²) in [5, 5.41) is 0. The summed E-state index contributed by atoms with van der Waals surface area (Å²) in [6.45, 7) is 2.13. The molecule has 0 atom stereocenters. The molecule has 1 aromatic carbocycles. The molecule has 0 bridgehead atoms. The lowest BCUT2D eigenvalue weighted by atomic mass is 10.0. The van der Waals surface area contributed by atoms with Gasteiger partial charge in [0.05, 0.1) is 0 Å². The Morgan fingerprint density at radius 3 is 2.60 bits per heavy atom. The predicted molar refractivity (Wildman–Crippen MR) is 62.6 cm³/mol. The van der Waals surface area contributed by atoms with Crippen molar-refractivity contribution in [3.63, 3.8) is 0 Å². The highest BCUT2D eigenvalue weighted by atomic mass is 14.8. The zero-order valence-electron chi connectivity index (χ0n) is 8.77. The van der Waals surface area contributed by atoms with Gasteiger partial charge in [-0.3, -0.25) is 0 Å². The van der Waals surface area contributed by atoms with Crippen molar-refractivity contribution in [3.8, 4) is 0 Å². The van der Waals surface area contributed by atoms with E-state index in [1.165, 1.54) is 16.7 Å². The Hall–Kier alpha value is -1.83. The molecule has 15 heavy (non-hydrogen) atoms. The van der Waals surface area contributed by atoms with Crippen LogP contribution in [0.1, 0.15) is 16.7 Å². The van der Waals surface area contributed by atoms with Gasteiger partial charge in [-0.2, -0.15) is 0 Å². The van der Waals surface area contributed by atoms with E-state index in [0.717, 1.165) is 6.42 Å². The maximum Gasteiger partial charge on any atom is 0.123 e. The number of aromatic nitrogens is 1. The lowest BCUT2D eigenvalue weighted by molar-refractivity contribution is 1.13. The van der Waals surface area contributed by atoms with Gasteiger partial charge < -0.3 is 5.73 Å². The summed E-state index contributed by atoms with van der Waals surface area (Å²) in [5.41, 5.74) is 9.38. The number of nitrogens with zero attached hydrogens (tertiary/aromatic N) is 1. The van der Waals surface area contributed by atoms with Crippen molar-refractivity contribution in [2.75, 3.05) is 5.73 Å². The van der Waals surface area contributed by atoms with Crippen LogP contribution >= 0.6 is 0 Å². The van der Waals surface area contributed by atoms with E-state index in [4.69, 9.17) is 5.73 Å². The monoisotopic (exact) mass is 198 g/mol. The van der Waals surface area contributed by atoms with Gasteiger partial charge >= 0.3 is 0 Å². The van der Waals surface area contributed by atoms with Crippen molar-refractivity contribution in [3.05, 3.63) is 59.3 Å². The molecule has 0 radical (unpaired) electrons. The van der Waals surface area contributed by atoms with E-state index in [1.54, 1.807) is 0 Å². The fourth-order valence-corrected chi connectivity index (χ4v) is 1.57. The average Bonchev–Trinajstić information content (AvgIpc) is 2.25. The number of nitrogen functional groups attached to an aromatic ring is 1. The van der Waals surface area contributed by atoms with E-state index < -0.39 is 0 Å². The molecule has 0 aliphatic carbocycles. The van der Waals surface area contributed by atoms with Crippen molar-refractivity contribution < 1.29 is 0 Å². The van der Waals surface area contributed by atoms with E-state index in [1.807, 2.05) is 18.3 Å². The Morgan fingerprint density at radius 1 is 1.13 bits per heavy atom. The topological polar surface area (TPSA) is 38.9 Å². The first kappa shape index (κ1) is 9.71. The van der Waals surface area contributed by atoms with E-state index in [9.17, 15) is 0 Å². The zero-order valence-corrected chi connectivity index (χ0v) is 8.77. The first-order chi connectivity index (χ1) is 7.25. The Labute approximate surface area is 89.8 Å². The fourth-order valence-electron chi connectivity index (χ4n) is 1.57. The van der Waals surface area contributed by atoms with E-state index in [-0.39, 0.29) is 0 Å². The molecule has 0 aliphatic rings. The molecule has 2 N–H and O–H groups in total. The molecule has 1 heterocycles. The first-order valence-electron chi connectivity index (χ1n) is 5.00. The highest BCUT2D eigenvalue weighted by molar-refractivity contribution is 5.34. The molecule has 0 unspecified atom stereocenters. The van der Waals surface area contributed by atoms with Crippen molar-refractivity contribution >= 4 is 5.82 Å². The summed E-state index contributed by atoms with van der Waals surface area (Å²) < 4.78 is 0. The summed E-state index contributed by atoms with van der Waals surface area (Å²) in [5.74, 6) is 0.573. The quantitative estimate of drug-likeness (QED) is 0.805. The normalized spacial score (nSPS) is 10.2. The molecule has 1 aromatic heterocycles. The lowest BCUT2D eigenvalue weighted by Gasteiger charge is -2.05. The standard InChI is InChI=1S/C13H14N2/c1-10-4-2-3-5-12(10)8-11-6-7-13(14)15-9-11/h2-7,9H,8H2,1H3,(H2,14,15). The molecule has 2 nitrogen and oxygen atoms in total. The largest absolute Gasteiger partial charge is 0.384 e. The van der Waals surface area contributed by atoms with Gasteiger partial charge in [0.15, 0.2) is 0 Å². The molecule has 2 aromatic rings. The Bertz CT molecular complexity index is 446. The fraction of sp³-hybridized carbons (Fsp3) is 0.154. The Balaban J connectivity index is 2.22. The first-order valence-corrected chi connectivity index (χ1v) is 5.00. The Morgan fingerprint density at radius 2 is 1.93 bits per heavy atom. The van der Waals surface area contributed by atoms with Crippen LogP contribution in [0.25, 0.3) is 0 Å². The van der Waals surface area contributed by atoms with Gasteiger partial charge in [0.25, 0.3) is 0 Å². The van der Waals surface area contributed by atoms with Crippen LogP contribution < -0.4 is 5.73 Å². The summed E-state index contributed by atoms with van der Waals surface area (Å²) >= 11 is 0. The minimum Gasteiger partial charge on any atom is -0.384 e. The summed E-state index contributed by atoms with van der Waals surface area (Å²) in [4.78, 5) is 4.08. The number of hydrogen-bond donors (Lipinski definition) is 1. The number of nitrogens with two attached hydrogens (primary N) is 1.